The zero-order valence-corrected chi connectivity index (χ0v) is 11.1. The number of carboxylic acid groups (broad SMARTS) is 1. The van der Waals surface area contributed by atoms with Crippen LogP contribution in [0, 0.1) is 5.41 Å². The van der Waals surface area contributed by atoms with E-state index in [9.17, 15) is 14.7 Å². The molecule has 0 aromatic heterocycles. The van der Waals surface area contributed by atoms with Gasteiger partial charge in [-0.3, -0.25) is 0 Å². The summed E-state index contributed by atoms with van der Waals surface area (Å²) in [6.07, 6.45) is 0.673. The Bertz CT molecular complexity index is 318. The summed E-state index contributed by atoms with van der Waals surface area (Å²) >= 11 is 0. The molecule has 2 atom stereocenters. The fourth-order valence-electron chi connectivity index (χ4n) is 1.93. The second kappa shape index (κ2) is 5.56. The Kier molecular flexibility index (Phi) is 4.56. The predicted molar refractivity (Wildman–Crippen MR) is 66.2 cm³/mol. The predicted octanol–water partition coefficient (Wildman–Crippen LogP) is 0.652. The Morgan fingerprint density at radius 3 is 2.17 bits per heavy atom. The largest absolute Gasteiger partial charge is 0.480 e. The van der Waals surface area contributed by atoms with Gasteiger partial charge in [0, 0.05) is 13.1 Å². The van der Waals surface area contributed by atoms with Gasteiger partial charge in [-0.15, -0.1) is 0 Å². The van der Waals surface area contributed by atoms with Crippen LogP contribution in [0.1, 0.15) is 33.6 Å². The van der Waals surface area contributed by atoms with Crippen molar-refractivity contribution >= 4 is 12.0 Å². The van der Waals surface area contributed by atoms with Crippen LogP contribution < -0.4 is 5.32 Å². The molecular weight excluding hydrogens is 236 g/mol. The van der Waals surface area contributed by atoms with E-state index in [1.807, 2.05) is 0 Å². The summed E-state index contributed by atoms with van der Waals surface area (Å²) in [6, 6.07) is -1.67. The molecule has 104 valence electrons. The van der Waals surface area contributed by atoms with Gasteiger partial charge in [0.15, 0.2) is 6.04 Å². The summed E-state index contributed by atoms with van der Waals surface area (Å²) in [7, 11) is 0. The third-order valence-corrected chi connectivity index (χ3v) is 3.43. The maximum atomic E-state index is 11.9. The van der Waals surface area contributed by atoms with Crippen LogP contribution in [0.25, 0.3) is 0 Å². The lowest BCUT2D eigenvalue weighted by Crippen LogP contribution is -2.54. The minimum atomic E-state index is -1.26. The molecule has 1 aliphatic heterocycles. The highest BCUT2D eigenvalue weighted by Gasteiger charge is 2.31. The summed E-state index contributed by atoms with van der Waals surface area (Å²) in [5.74, 6) is -1.23. The van der Waals surface area contributed by atoms with Crippen LogP contribution in [0.3, 0.4) is 0 Å². The highest BCUT2D eigenvalue weighted by Crippen LogP contribution is 2.29. The molecule has 0 bridgehead atoms. The van der Waals surface area contributed by atoms with E-state index in [0.717, 1.165) is 12.8 Å². The van der Waals surface area contributed by atoms with Crippen molar-refractivity contribution in [2.24, 2.45) is 5.41 Å². The van der Waals surface area contributed by atoms with Gasteiger partial charge < -0.3 is 20.4 Å². The number of piperidine rings is 1. The molecule has 1 rings (SSSR count). The number of hydrogen-bond donors (Lipinski definition) is 3. The van der Waals surface area contributed by atoms with Crippen molar-refractivity contribution in [2.45, 2.75) is 45.8 Å². The van der Waals surface area contributed by atoms with Crippen LogP contribution >= 0.6 is 0 Å². The van der Waals surface area contributed by atoms with Crippen molar-refractivity contribution in [2.75, 3.05) is 13.1 Å². The number of rotatable bonds is 3. The summed E-state index contributed by atoms with van der Waals surface area (Å²) < 4.78 is 0. The summed E-state index contributed by atoms with van der Waals surface area (Å²) in [5.41, 5.74) is 0.229. The molecular formula is C12H22N2O4. The zero-order valence-electron chi connectivity index (χ0n) is 11.1. The summed E-state index contributed by atoms with van der Waals surface area (Å²) in [4.78, 5) is 24.3. The topological polar surface area (TPSA) is 89.9 Å². The monoisotopic (exact) mass is 258 g/mol. The van der Waals surface area contributed by atoms with E-state index in [-0.39, 0.29) is 5.41 Å². The SMILES string of the molecule is C[C@@H](O)[C@H](NC(=O)N1CCC(C)(C)CC1)C(=O)O. The molecule has 0 unspecified atom stereocenters. The molecule has 18 heavy (non-hydrogen) atoms. The lowest BCUT2D eigenvalue weighted by atomic mass is 9.83. The first-order valence-corrected chi connectivity index (χ1v) is 6.19. The number of carboxylic acids is 1. The number of carbonyl (C=O) groups excluding carboxylic acids is 1. The lowest BCUT2D eigenvalue weighted by Gasteiger charge is -2.37. The van der Waals surface area contributed by atoms with Crippen molar-refractivity contribution < 1.29 is 19.8 Å². The third kappa shape index (κ3) is 3.87. The summed E-state index contributed by atoms with van der Waals surface area (Å²) in [5, 5.41) is 20.5. The highest BCUT2D eigenvalue weighted by atomic mass is 16.4. The van der Waals surface area contributed by atoms with Crippen molar-refractivity contribution in [1.29, 1.82) is 0 Å². The number of likely N-dealkylation sites (tertiary alicyclic amines) is 1. The quantitative estimate of drug-likeness (QED) is 0.693. The molecule has 0 aromatic rings. The standard InChI is InChI=1S/C12H22N2O4/c1-8(15)9(10(16)17)13-11(18)14-6-4-12(2,3)5-7-14/h8-9,15H,4-7H2,1-3H3,(H,13,18)(H,16,17)/t8-,9+/m1/s1. The van der Waals surface area contributed by atoms with Crippen LogP contribution in [-0.2, 0) is 4.79 Å². The zero-order chi connectivity index (χ0) is 13.9. The van der Waals surface area contributed by atoms with Crippen LogP contribution in [-0.4, -0.2) is 52.3 Å². The molecule has 6 nitrogen and oxygen atoms in total. The van der Waals surface area contributed by atoms with Gasteiger partial charge in [-0.25, -0.2) is 9.59 Å². The average molecular weight is 258 g/mol. The first kappa shape index (κ1) is 14.8. The molecule has 0 aliphatic carbocycles. The number of aliphatic hydroxyl groups excluding tert-OH is 1. The number of nitrogens with zero attached hydrogens (tertiary/aromatic N) is 1. The maximum Gasteiger partial charge on any atom is 0.328 e. The minimum absolute atomic E-state index is 0.229. The van der Waals surface area contributed by atoms with Crippen molar-refractivity contribution in [3.05, 3.63) is 0 Å². The number of urea groups is 1. The third-order valence-electron chi connectivity index (χ3n) is 3.43. The molecule has 0 radical (unpaired) electrons. The molecule has 1 aliphatic rings. The van der Waals surface area contributed by atoms with Crippen molar-refractivity contribution in [3.63, 3.8) is 0 Å². The molecule has 1 saturated heterocycles. The molecule has 0 spiro atoms. The van der Waals surface area contributed by atoms with E-state index in [2.05, 4.69) is 19.2 Å². The average Bonchev–Trinajstić information content (AvgIpc) is 2.24. The normalized spacial score (nSPS) is 22.1. The van der Waals surface area contributed by atoms with Gasteiger partial charge >= 0.3 is 12.0 Å². The molecule has 0 saturated carbocycles. The van der Waals surface area contributed by atoms with Crippen LogP contribution in [0.2, 0.25) is 0 Å². The van der Waals surface area contributed by atoms with Gasteiger partial charge in [-0.1, -0.05) is 13.8 Å². The summed E-state index contributed by atoms with van der Waals surface area (Å²) in [6.45, 7) is 6.88. The lowest BCUT2D eigenvalue weighted by molar-refractivity contribution is -0.141. The molecule has 3 N–H and O–H groups in total. The maximum absolute atomic E-state index is 11.9. The second-order valence-corrected chi connectivity index (χ2v) is 5.66. The Labute approximate surface area is 107 Å². The molecule has 0 aromatic carbocycles. The van der Waals surface area contributed by atoms with Gasteiger partial charge in [0.2, 0.25) is 0 Å². The van der Waals surface area contributed by atoms with Crippen molar-refractivity contribution in [3.8, 4) is 0 Å². The Morgan fingerprint density at radius 1 is 1.28 bits per heavy atom. The number of carbonyl (C=O) groups is 2. The first-order chi connectivity index (χ1) is 8.23. The van der Waals surface area contributed by atoms with Crippen molar-refractivity contribution in [1.82, 2.24) is 10.2 Å². The number of hydrogen-bond acceptors (Lipinski definition) is 3. The fraction of sp³-hybridized carbons (Fsp3) is 0.833. The van der Waals surface area contributed by atoms with Gasteiger partial charge in [-0.05, 0) is 25.2 Å². The molecule has 1 heterocycles. The van der Waals surface area contributed by atoms with Crippen LogP contribution in [0.5, 0.6) is 0 Å². The Hall–Kier alpha value is -1.30. The van der Waals surface area contributed by atoms with Gasteiger partial charge in [0.25, 0.3) is 0 Å². The fourth-order valence-corrected chi connectivity index (χ4v) is 1.93. The number of aliphatic hydroxyl groups is 1. The van der Waals surface area contributed by atoms with Gasteiger partial charge in [0.1, 0.15) is 0 Å². The molecule has 2 amide bonds. The van der Waals surface area contributed by atoms with E-state index in [1.165, 1.54) is 6.92 Å². The molecule has 6 heteroatoms. The number of amides is 2. The Morgan fingerprint density at radius 2 is 1.78 bits per heavy atom. The minimum Gasteiger partial charge on any atom is -0.480 e. The van der Waals surface area contributed by atoms with E-state index >= 15 is 0 Å². The molecule has 1 fully saturated rings. The number of aliphatic carboxylic acids is 1. The van der Waals surface area contributed by atoms with Crippen LogP contribution in [0.15, 0.2) is 0 Å². The Balaban J connectivity index is 2.53. The smallest absolute Gasteiger partial charge is 0.328 e. The van der Waals surface area contributed by atoms with E-state index < -0.39 is 24.1 Å². The number of nitrogens with one attached hydrogen (secondary N) is 1. The van der Waals surface area contributed by atoms with E-state index in [0.29, 0.717) is 13.1 Å². The second-order valence-electron chi connectivity index (χ2n) is 5.66. The van der Waals surface area contributed by atoms with E-state index in [4.69, 9.17) is 5.11 Å². The van der Waals surface area contributed by atoms with Gasteiger partial charge in [0.05, 0.1) is 6.10 Å². The van der Waals surface area contributed by atoms with Gasteiger partial charge in [-0.2, -0.15) is 0 Å². The van der Waals surface area contributed by atoms with Crippen LogP contribution in [0.4, 0.5) is 4.79 Å². The van der Waals surface area contributed by atoms with E-state index in [1.54, 1.807) is 4.90 Å². The first-order valence-electron chi connectivity index (χ1n) is 6.19. The highest BCUT2D eigenvalue weighted by molar-refractivity contribution is 5.83.